The van der Waals surface area contributed by atoms with Gasteiger partial charge in [-0.05, 0) is 55.0 Å². The summed E-state index contributed by atoms with van der Waals surface area (Å²) in [7, 11) is 0. The maximum Gasteiger partial charge on any atom is 0.416 e. The number of alkyl halides is 3. The molecule has 0 radical (unpaired) electrons. The number of hydrogen-bond donors (Lipinski definition) is 0. The molecule has 2 aromatic rings. The van der Waals surface area contributed by atoms with Crippen LogP contribution < -0.4 is 0 Å². The number of nitrogens with zero attached hydrogens (tertiary/aromatic N) is 2. The second-order valence-corrected chi connectivity index (χ2v) is 8.74. The van der Waals surface area contributed by atoms with Gasteiger partial charge in [-0.25, -0.2) is 0 Å². The van der Waals surface area contributed by atoms with Gasteiger partial charge in [0.2, 0.25) is 11.8 Å². The first-order chi connectivity index (χ1) is 15.8. The van der Waals surface area contributed by atoms with Crippen molar-refractivity contribution in [2.24, 2.45) is 5.92 Å². The van der Waals surface area contributed by atoms with Gasteiger partial charge in [-0.1, -0.05) is 42.5 Å². The van der Waals surface area contributed by atoms with E-state index >= 15 is 0 Å². The number of benzene rings is 2. The molecule has 1 aliphatic carbocycles. The van der Waals surface area contributed by atoms with Crippen LogP contribution in [0.3, 0.4) is 0 Å². The Morgan fingerprint density at radius 3 is 2.15 bits per heavy atom. The number of piperidine rings is 1. The first-order valence-corrected chi connectivity index (χ1v) is 11.3. The minimum absolute atomic E-state index is 0.0457. The SMILES string of the molecule is O=C(/C=C/c1ccccc1)N1CCC(C(=O)N(Cc2ccc(C(F)(F)F)cc2)C2CC2)CC1. The van der Waals surface area contributed by atoms with Crippen molar-refractivity contribution in [2.75, 3.05) is 13.1 Å². The molecule has 1 saturated heterocycles. The lowest BCUT2D eigenvalue weighted by molar-refractivity contribution is -0.140. The summed E-state index contributed by atoms with van der Waals surface area (Å²) in [6.07, 6.45) is 2.03. The first-order valence-electron chi connectivity index (χ1n) is 11.3. The van der Waals surface area contributed by atoms with Crippen LogP contribution in [0.4, 0.5) is 13.2 Å². The van der Waals surface area contributed by atoms with Crippen LogP contribution in [0.1, 0.15) is 42.4 Å². The molecule has 2 aliphatic rings. The molecule has 4 rings (SSSR count). The van der Waals surface area contributed by atoms with Gasteiger partial charge < -0.3 is 9.80 Å². The van der Waals surface area contributed by atoms with Gasteiger partial charge in [0.25, 0.3) is 0 Å². The summed E-state index contributed by atoms with van der Waals surface area (Å²) >= 11 is 0. The molecule has 0 spiro atoms. The van der Waals surface area contributed by atoms with Gasteiger partial charge in [-0.2, -0.15) is 13.2 Å². The molecule has 0 bridgehead atoms. The quantitative estimate of drug-likeness (QED) is 0.564. The van der Waals surface area contributed by atoms with Crippen molar-refractivity contribution in [1.82, 2.24) is 9.80 Å². The van der Waals surface area contributed by atoms with E-state index in [-0.39, 0.29) is 23.8 Å². The lowest BCUT2D eigenvalue weighted by Gasteiger charge is -2.34. The van der Waals surface area contributed by atoms with Crippen molar-refractivity contribution in [3.63, 3.8) is 0 Å². The Morgan fingerprint density at radius 2 is 1.58 bits per heavy atom. The topological polar surface area (TPSA) is 40.6 Å². The molecule has 0 atom stereocenters. The lowest BCUT2D eigenvalue weighted by Crippen LogP contribution is -2.44. The normalized spacial score (nSPS) is 17.4. The third kappa shape index (κ3) is 6.03. The van der Waals surface area contributed by atoms with Crippen molar-refractivity contribution in [3.8, 4) is 0 Å². The predicted octanol–water partition coefficient (Wildman–Crippen LogP) is 5.15. The van der Waals surface area contributed by atoms with Crippen molar-refractivity contribution in [2.45, 2.75) is 44.4 Å². The number of halogens is 3. The van der Waals surface area contributed by atoms with E-state index in [1.165, 1.54) is 12.1 Å². The molecule has 33 heavy (non-hydrogen) atoms. The second-order valence-electron chi connectivity index (χ2n) is 8.74. The summed E-state index contributed by atoms with van der Waals surface area (Å²) < 4.78 is 38.5. The summed E-state index contributed by atoms with van der Waals surface area (Å²) in [4.78, 5) is 29.3. The van der Waals surface area contributed by atoms with Crippen LogP contribution in [0.2, 0.25) is 0 Å². The van der Waals surface area contributed by atoms with Crippen LogP contribution in [0.5, 0.6) is 0 Å². The largest absolute Gasteiger partial charge is 0.416 e. The molecule has 2 amide bonds. The highest BCUT2D eigenvalue weighted by molar-refractivity contribution is 5.92. The fourth-order valence-electron chi connectivity index (χ4n) is 4.19. The van der Waals surface area contributed by atoms with E-state index in [9.17, 15) is 22.8 Å². The Morgan fingerprint density at radius 1 is 0.939 bits per heavy atom. The summed E-state index contributed by atoms with van der Waals surface area (Å²) in [6, 6.07) is 14.8. The molecule has 1 heterocycles. The molecule has 7 heteroatoms. The molecular formula is C26H27F3N2O2. The van der Waals surface area contributed by atoms with Gasteiger partial charge in [0, 0.05) is 37.7 Å². The molecule has 0 unspecified atom stereocenters. The average molecular weight is 457 g/mol. The number of amides is 2. The average Bonchev–Trinajstić information content (AvgIpc) is 3.66. The summed E-state index contributed by atoms with van der Waals surface area (Å²) in [5.41, 5.74) is 0.968. The molecule has 2 fully saturated rings. The summed E-state index contributed by atoms with van der Waals surface area (Å²) in [6.45, 7) is 1.36. The fraction of sp³-hybridized carbons (Fsp3) is 0.385. The highest BCUT2D eigenvalue weighted by atomic mass is 19.4. The van der Waals surface area contributed by atoms with Crippen LogP contribution in [0, 0.1) is 5.92 Å². The van der Waals surface area contributed by atoms with E-state index in [0.717, 1.165) is 30.5 Å². The number of likely N-dealkylation sites (tertiary alicyclic amines) is 1. The van der Waals surface area contributed by atoms with Crippen LogP contribution in [-0.2, 0) is 22.3 Å². The Balaban J connectivity index is 1.32. The Hall–Kier alpha value is -3.09. The summed E-state index contributed by atoms with van der Waals surface area (Å²) in [5.74, 6) is -0.180. The van der Waals surface area contributed by atoms with Crippen LogP contribution in [-0.4, -0.2) is 40.7 Å². The van der Waals surface area contributed by atoms with Gasteiger partial charge in [0.15, 0.2) is 0 Å². The molecule has 0 aromatic heterocycles. The van der Waals surface area contributed by atoms with E-state index in [2.05, 4.69) is 0 Å². The maximum atomic E-state index is 13.2. The van der Waals surface area contributed by atoms with E-state index in [4.69, 9.17) is 0 Å². The predicted molar refractivity (Wildman–Crippen MR) is 120 cm³/mol. The molecular weight excluding hydrogens is 429 g/mol. The standard InChI is InChI=1S/C26H27F3N2O2/c27-26(28,29)22-9-6-20(7-10-22)18-31(23-11-12-23)25(33)21-14-16-30(17-15-21)24(32)13-8-19-4-2-1-3-5-19/h1-10,13,21,23H,11-12,14-18H2/b13-8+. The van der Waals surface area contributed by atoms with E-state index in [1.54, 1.807) is 17.1 Å². The van der Waals surface area contributed by atoms with Crippen LogP contribution in [0.15, 0.2) is 60.7 Å². The third-order valence-corrected chi connectivity index (χ3v) is 6.28. The molecule has 4 nitrogen and oxygen atoms in total. The second kappa shape index (κ2) is 9.81. The Kier molecular flexibility index (Phi) is 6.86. The van der Waals surface area contributed by atoms with Gasteiger partial charge >= 0.3 is 6.18 Å². The van der Waals surface area contributed by atoms with E-state index in [0.29, 0.717) is 38.0 Å². The number of carbonyl (C=O) groups excluding carboxylic acids is 2. The van der Waals surface area contributed by atoms with Crippen molar-refractivity contribution >= 4 is 17.9 Å². The zero-order chi connectivity index (χ0) is 23.4. The van der Waals surface area contributed by atoms with Crippen molar-refractivity contribution in [1.29, 1.82) is 0 Å². The number of rotatable bonds is 6. The van der Waals surface area contributed by atoms with Crippen molar-refractivity contribution < 1.29 is 22.8 Å². The highest BCUT2D eigenvalue weighted by Crippen LogP contribution is 2.33. The first kappa shape index (κ1) is 23.1. The van der Waals surface area contributed by atoms with Crippen molar-refractivity contribution in [3.05, 3.63) is 77.4 Å². The molecule has 1 saturated carbocycles. The lowest BCUT2D eigenvalue weighted by atomic mass is 9.94. The molecule has 0 N–H and O–H groups in total. The monoisotopic (exact) mass is 456 g/mol. The van der Waals surface area contributed by atoms with E-state index in [1.807, 2.05) is 35.2 Å². The highest BCUT2D eigenvalue weighted by Gasteiger charge is 2.37. The molecule has 174 valence electrons. The van der Waals surface area contributed by atoms with Gasteiger partial charge in [-0.3, -0.25) is 9.59 Å². The van der Waals surface area contributed by atoms with Crippen LogP contribution >= 0.6 is 0 Å². The fourth-order valence-corrected chi connectivity index (χ4v) is 4.19. The summed E-state index contributed by atoms with van der Waals surface area (Å²) in [5, 5.41) is 0. The Bertz CT molecular complexity index is 990. The zero-order valence-corrected chi connectivity index (χ0v) is 18.3. The van der Waals surface area contributed by atoms with E-state index < -0.39 is 11.7 Å². The molecule has 2 aromatic carbocycles. The minimum Gasteiger partial charge on any atom is -0.339 e. The number of hydrogen-bond acceptors (Lipinski definition) is 2. The molecule has 1 aliphatic heterocycles. The van der Waals surface area contributed by atoms with Gasteiger partial charge in [0.05, 0.1) is 5.56 Å². The van der Waals surface area contributed by atoms with Crippen LogP contribution in [0.25, 0.3) is 6.08 Å². The maximum absolute atomic E-state index is 13.2. The van der Waals surface area contributed by atoms with Gasteiger partial charge in [-0.15, -0.1) is 0 Å². The smallest absolute Gasteiger partial charge is 0.339 e. The zero-order valence-electron chi connectivity index (χ0n) is 18.3. The number of carbonyl (C=O) groups is 2. The Labute approximate surface area is 191 Å². The van der Waals surface area contributed by atoms with Gasteiger partial charge in [0.1, 0.15) is 0 Å². The minimum atomic E-state index is -4.37. The third-order valence-electron chi connectivity index (χ3n) is 6.28.